The molecule has 1 amide bonds. The van der Waals surface area contributed by atoms with E-state index in [9.17, 15) is 4.79 Å². The number of carbonyl (C=O) groups is 1. The molecule has 0 saturated heterocycles. The van der Waals surface area contributed by atoms with Crippen molar-refractivity contribution in [2.75, 3.05) is 7.11 Å². The lowest BCUT2D eigenvalue weighted by Gasteiger charge is -2.27. The summed E-state index contributed by atoms with van der Waals surface area (Å²) in [4.78, 5) is 11.0. The van der Waals surface area contributed by atoms with Crippen LogP contribution in [0.1, 0.15) is 43.9 Å². The highest BCUT2D eigenvalue weighted by Gasteiger charge is 2.24. The minimum Gasteiger partial charge on any atom is -0.496 e. The number of nitrogens with two attached hydrogens (primary N) is 2. The summed E-state index contributed by atoms with van der Waals surface area (Å²) < 4.78 is 5.23. The molecule has 1 unspecified atom stereocenters. The highest BCUT2D eigenvalue weighted by Crippen LogP contribution is 2.32. The average Bonchev–Trinajstić information content (AvgIpc) is 2.26. The first-order valence-electron chi connectivity index (χ1n) is 6.43. The zero-order valence-electron chi connectivity index (χ0n) is 12.2. The summed E-state index contributed by atoms with van der Waals surface area (Å²) in [5.74, 6) is 0.565. The van der Waals surface area contributed by atoms with E-state index in [4.69, 9.17) is 16.2 Å². The van der Waals surface area contributed by atoms with Crippen molar-refractivity contribution in [3.63, 3.8) is 0 Å². The fraction of sp³-hybridized carbons (Fsp3) is 0.533. The second-order valence-electron chi connectivity index (χ2n) is 5.85. The van der Waals surface area contributed by atoms with Gasteiger partial charge < -0.3 is 16.2 Å². The number of carbonyl (C=O) groups excluding carboxylic acids is 1. The van der Waals surface area contributed by atoms with E-state index >= 15 is 0 Å². The van der Waals surface area contributed by atoms with E-state index < -0.39 is 0 Å². The standard InChI is InChI=1S/C15H24N2O2/c1-10-7-11(5-6-13(10)19-4)12(16)8-15(2,3)9-14(17)18/h5-7,12H,8-9,16H2,1-4H3,(H2,17,18). The van der Waals surface area contributed by atoms with Gasteiger partial charge in [0.2, 0.25) is 5.91 Å². The second kappa shape index (κ2) is 6.06. The van der Waals surface area contributed by atoms with Gasteiger partial charge in [-0.25, -0.2) is 0 Å². The van der Waals surface area contributed by atoms with Crippen LogP contribution in [0.5, 0.6) is 5.75 Å². The monoisotopic (exact) mass is 264 g/mol. The van der Waals surface area contributed by atoms with Gasteiger partial charge in [-0.3, -0.25) is 4.79 Å². The first-order valence-corrected chi connectivity index (χ1v) is 6.43. The van der Waals surface area contributed by atoms with Crippen LogP contribution < -0.4 is 16.2 Å². The topological polar surface area (TPSA) is 78.3 Å². The number of methoxy groups -OCH3 is 1. The van der Waals surface area contributed by atoms with Gasteiger partial charge in [0.05, 0.1) is 7.11 Å². The predicted octanol–water partition coefficient (Wildman–Crippen LogP) is 2.30. The molecule has 0 aliphatic carbocycles. The van der Waals surface area contributed by atoms with E-state index in [1.807, 2.05) is 39.0 Å². The average molecular weight is 264 g/mol. The van der Waals surface area contributed by atoms with Gasteiger partial charge in [0.25, 0.3) is 0 Å². The number of benzene rings is 1. The Hall–Kier alpha value is -1.55. The van der Waals surface area contributed by atoms with Crippen molar-refractivity contribution in [3.05, 3.63) is 29.3 Å². The van der Waals surface area contributed by atoms with Gasteiger partial charge in [0.1, 0.15) is 5.75 Å². The number of hydrogen-bond donors (Lipinski definition) is 2. The first-order chi connectivity index (χ1) is 8.75. The van der Waals surface area contributed by atoms with E-state index in [0.29, 0.717) is 12.8 Å². The minimum absolute atomic E-state index is 0.112. The number of aryl methyl sites for hydroxylation is 1. The summed E-state index contributed by atoms with van der Waals surface area (Å²) in [5.41, 5.74) is 13.4. The molecular weight excluding hydrogens is 240 g/mol. The maximum Gasteiger partial charge on any atom is 0.217 e. The van der Waals surface area contributed by atoms with Crippen LogP contribution in [0, 0.1) is 12.3 Å². The van der Waals surface area contributed by atoms with E-state index in [1.54, 1.807) is 7.11 Å². The molecule has 106 valence electrons. The van der Waals surface area contributed by atoms with Crippen molar-refractivity contribution in [2.24, 2.45) is 16.9 Å². The third-order valence-electron chi connectivity index (χ3n) is 3.27. The fourth-order valence-corrected chi connectivity index (χ4v) is 2.39. The number of amides is 1. The Kier molecular flexibility index (Phi) is 4.95. The van der Waals surface area contributed by atoms with Gasteiger partial charge in [-0.15, -0.1) is 0 Å². The van der Waals surface area contributed by atoms with Crippen LogP contribution >= 0.6 is 0 Å². The van der Waals surface area contributed by atoms with E-state index in [0.717, 1.165) is 16.9 Å². The van der Waals surface area contributed by atoms with E-state index in [1.165, 1.54) is 0 Å². The van der Waals surface area contributed by atoms with Crippen molar-refractivity contribution < 1.29 is 9.53 Å². The normalized spacial score (nSPS) is 13.1. The van der Waals surface area contributed by atoms with Crippen LogP contribution in [-0.2, 0) is 4.79 Å². The molecule has 4 heteroatoms. The van der Waals surface area contributed by atoms with Crippen molar-refractivity contribution in [1.82, 2.24) is 0 Å². The van der Waals surface area contributed by atoms with Crippen molar-refractivity contribution >= 4 is 5.91 Å². The second-order valence-corrected chi connectivity index (χ2v) is 5.85. The predicted molar refractivity (Wildman–Crippen MR) is 76.9 cm³/mol. The van der Waals surface area contributed by atoms with Crippen molar-refractivity contribution in [2.45, 2.75) is 39.7 Å². The SMILES string of the molecule is COc1ccc(C(N)CC(C)(C)CC(N)=O)cc1C. The molecule has 1 rings (SSSR count). The molecule has 0 fully saturated rings. The highest BCUT2D eigenvalue weighted by atomic mass is 16.5. The molecule has 1 aromatic rings. The van der Waals surface area contributed by atoms with Gasteiger partial charge in [-0.2, -0.15) is 0 Å². The lowest BCUT2D eigenvalue weighted by atomic mass is 9.80. The number of hydrogen-bond acceptors (Lipinski definition) is 3. The Morgan fingerprint density at radius 2 is 2.05 bits per heavy atom. The summed E-state index contributed by atoms with van der Waals surface area (Å²) in [7, 11) is 1.65. The third kappa shape index (κ3) is 4.56. The smallest absolute Gasteiger partial charge is 0.217 e. The van der Waals surface area contributed by atoms with E-state index in [2.05, 4.69) is 0 Å². The molecule has 0 bridgehead atoms. The molecule has 1 aromatic carbocycles. The lowest BCUT2D eigenvalue weighted by Crippen LogP contribution is -2.27. The van der Waals surface area contributed by atoms with Crippen LogP contribution in [0.2, 0.25) is 0 Å². The summed E-state index contributed by atoms with van der Waals surface area (Å²) in [5, 5.41) is 0. The van der Waals surface area contributed by atoms with Gasteiger partial charge in [-0.05, 0) is 36.0 Å². The van der Waals surface area contributed by atoms with Gasteiger partial charge in [-0.1, -0.05) is 26.0 Å². The molecule has 4 N–H and O–H groups in total. The Labute approximate surface area is 115 Å². The Morgan fingerprint density at radius 3 is 2.53 bits per heavy atom. The molecule has 0 aliphatic heterocycles. The largest absolute Gasteiger partial charge is 0.496 e. The number of primary amides is 1. The van der Waals surface area contributed by atoms with Crippen LogP contribution in [0.4, 0.5) is 0 Å². The summed E-state index contributed by atoms with van der Waals surface area (Å²) in [6.07, 6.45) is 1.05. The zero-order chi connectivity index (χ0) is 14.6. The van der Waals surface area contributed by atoms with Crippen LogP contribution in [0.3, 0.4) is 0 Å². The van der Waals surface area contributed by atoms with Gasteiger partial charge in [0, 0.05) is 12.5 Å². The number of rotatable bonds is 6. The summed E-state index contributed by atoms with van der Waals surface area (Å²) in [6.45, 7) is 6.01. The highest BCUT2D eigenvalue weighted by molar-refractivity contribution is 5.74. The van der Waals surface area contributed by atoms with Crippen LogP contribution in [-0.4, -0.2) is 13.0 Å². The lowest BCUT2D eigenvalue weighted by molar-refractivity contribution is -0.120. The van der Waals surface area contributed by atoms with Gasteiger partial charge in [0.15, 0.2) is 0 Å². The summed E-state index contributed by atoms with van der Waals surface area (Å²) in [6, 6.07) is 5.81. The molecular formula is C15H24N2O2. The van der Waals surface area contributed by atoms with E-state index in [-0.39, 0.29) is 17.4 Å². The maximum atomic E-state index is 11.0. The molecule has 0 aliphatic rings. The maximum absolute atomic E-state index is 11.0. The van der Waals surface area contributed by atoms with Crippen LogP contribution in [0.15, 0.2) is 18.2 Å². The van der Waals surface area contributed by atoms with Crippen molar-refractivity contribution in [1.29, 1.82) is 0 Å². The molecule has 1 atom stereocenters. The quantitative estimate of drug-likeness (QED) is 0.827. The Morgan fingerprint density at radius 1 is 1.42 bits per heavy atom. The van der Waals surface area contributed by atoms with Crippen molar-refractivity contribution in [3.8, 4) is 5.75 Å². The first kappa shape index (κ1) is 15.5. The molecule has 0 spiro atoms. The molecule has 19 heavy (non-hydrogen) atoms. The zero-order valence-corrected chi connectivity index (χ0v) is 12.2. The molecule has 0 saturated carbocycles. The number of ether oxygens (including phenoxy) is 1. The minimum atomic E-state index is -0.289. The molecule has 0 aromatic heterocycles. The summed E-state index contributed by atoms with van der Waals surface area (Å²) >= 11 is 0. The van der Waals surface area contributed by atoms with Gasteiger partial charge >= 0.3 is 0 Å². The third-order valence-corrected chi connectivity index (χ3v) is 3.27. The van der Waals surface area contributed by atoms with Crippen LogP contribution in [0.25, 0.3) is 0 Å². The molecule has 0 radical (unpaired) electrons. The molecule has 0 heterocycles. The fourth-order valence-electron chi connectivity index (χ4n) is 2.39. The molecule has 4 nitrogen and oxygen atoms in total. The Balaban J connectivity index is 2.80. The Bertz CT molecular complexity index is 455.